The number of Topliss-reactive ketones (excluding diaryl/α,β-unsaturated/α-hetero) is 1. The number of aromatic hydroxyl groups is 1. The number of carbonyl (C=O) groups excluding carboxylic acids is 2. The summed E-state index contributed by atoms with van der Waals surface area (Å²) in [7, 11) is 1.59. The van der Waals surface area contributed by atoms with E-state index in [1.54, 1.807) is 24.1 Å². The molecule has 1 aliphatic rings. The number of nitrogens with zero attached hydrogens (tertiary/aromatic N) is 1. The molecule has 0 atom stereocenters. The molecule has 0 saturated heterocycles. The van der Waals surface area contributed by atoms with Gasteiger partial charge in [0.2, 0.25) is 5.91 Å². The Kier molecular flexibility index (Phi) is 8.72. The summed E-state index contributed by atoms with van der Waals surface area (Å²) in [5, 5.41) is 19.2. The average molecular weight is 534 g/mol. The van der Waals surface area contributed by atoms with E-state index in [1.807, 2.05) is 32.9 Å². The number of carbonyl (C=O) groups is 2. The minimum absolute atomic E-state index is 0. The molecule has 0 aromatic heterocycles. The highest BCUT2D eigenvalue weighted by Gasteiger charge is 2.28. The van der Waals surface area contributed by atoms with E-state index in [9.17, 15) is 14.7 Å². The molecule has 1 amide bonds. The number of primary amides is 1. The molecule has 1 aliphatic heterocycles. The van der Waals surface area contributed by atoms with Crippen molar-refractivity contribution in [2.45, 2.75) is 45.6 Å². The van der Waals surface area contributed by atoms with E-state index in [-0.39, 0.29) is 53.8 Å². The quantitative estimate of drug-likeness (QED) is 0.331. The predicted octanol–water partition coefficient (Wildman–Crippen LogP) is 3.94. The van der Waals surface area contributed by atoms with Crippen LogP contribution in [0.5, 0.6) is 17.2 Å². The Morgan fingerprint density at radius 3 is 2.53 bits per heavy atom. The van der Waals surface area contributed by atoms with Crippen molar-refractivity contribution < 1.29 is 24.2 Å². The van der Waals surface area contributed by atoms with Crippen LogP contribution in [0.2, 0.25) is 0 Å². The van der Waals surface area contributed by atoms with E-state index in [0.717, 1.165) is 11.1 Å². The van der Waals surface area contributed by atoms with Gasteiger partial charge in [0.25, 0.3) is 0 Å². The fraction of sp³-hybridized carbons (Fsp3) is 0.400. The van der Waals surface area contributed by atoms with Crippen molar-refractivity contribution in [1.82, 2.24) is 4.90 Å². The van der Waals surface area contributed by atoms with Crippen molar-refractivity contribution in [2.75, 3.05) is 20.3 Å². The number of benzene rings is 2. The van der Waals surface area contributed by atoms with Crippen molar-refractivity contribution in [3.05, 3.63) is 52.6 Å². The second-order valence-electron chi connectivity index (χ2n) is 9.19. The highest BCUT2D eigenvalue weighted by molar-refractivity contribution is 8.93. The number of phenolic OH excluding ortho intramolecular Hbond substituents is 1. The summed E-state index contributed by atoms with van der Waals surface area (Å²) in [6.07, 6.45) is 0.582. The molecule has 0 aliphatic carbocycles. The zero-order valence-electron chi connectivity index (χ0n) is 19.9. The Labute approximate surface area is 210 Å². The largest absolute Gasteiger partial charge is 0.504 e. The van der Waals surface area contributed by atoms with Gasteiger partial charge < -0.3 is 25.2 Å². The van der Waals surface area contributed by atoms with Crippen LogP contribution in [-0.2, 0) is 16.8 Å². The first-order valence-electron chi connectivity index (χ1n) is 10.8. The number of rotatable bonds is 9. The fourth-order valence-corrected chi connectivity index (χ4v) is 3.79. The molecule has 8 nitrogen and oxygen atoms in total. The van der Waals surface area contributed by atoms with Crippen molar-refractivity contribution >= 4 is 34.5 Å². The third kappa shape index (κ3) is 6.08. The number of nitrogens with two attached hydrogens (primary N) is 1. The van der Waals surface area contributed by atoms with Crippen LogP contribution in [0.1, 0.15) is 60.7 Å². The molecule has 0 saturated carbocycles. The maximum Gasteiger partial charge on any atom is 0.217 e. The van der Waals surface area contributed by atoms with E-state index in [0.29, 0.717) is 35.7 Å². The van der Waals surface area contributed by atoms with Gasteiger partial charge in [0.15, 0.2) is 17.3 Å². The number of methoxy groups -OCH3 is 1. The summed E-state index contributed by atoms with van der Waals surface area (Å²) in [5.41, 5.74) is 7.43. The number of ketones is 1. The molecule has 34 heavy (non-hydrogen) atoms. The summed E-state index contributed by atoms with van der Waals surface area (Å²) < 4.78 is 11.0. The van der Waals surface area contributed by atoms with Gasteiger partial charge in [-0.15, -0.1) is 17.0 Å². The van der Waals surface area contributed by atoms with Crippen LogP contribution in [0.3, 0.4) is 0 Å². The molecular weight excluding hydrogens is 502 g/mol. The second-order valence-corrected chi connectivity index (χ2v) is 9.19. The van der Waals surface area contributed by atoms with Gasteiger partial charge in [0.1, 0.15) is 11.6 Å². The zero-order chi connectivity index (χ0) is 24.3. The molecule has 0 unspecified atom stereocenters. The van der Waals surface area contributed by atoms with Crippen molar-refractivity contribution in [1.29, 1.82) is 5.41 Å². The number of ether oxygens (including phenoxy) is 2. The first kappa shape index (κ1) is 27.2. The molecule has 3 rings (SSSR count). The maximum atomic E-state index is 13.2. The first-order valence-corrected chi connectivity index (χ1v) is 10.8. The number of halogens is 1. The number of hydrogen-bond donors (Lipinski definition) is 3. The first-order chi connectivity index (χ1) is 15.5. The lowest BCUT2D eigenvalue weighted by atomic mass is 9.84. The van der Waals surface area contributed by atoms with Gasteiger partial charge in [0.05, 0.1) is 20.3 Å². The number of phenols is 1. The third-order valence-electron chi connectivity index (χ3n) is 5.61. The molecule has 0 fully saturated rings. The van der Waals surface area contributed by atoms with Crippen LogP contribution in [0.15, 0.2) is 30.3 Å². The Bertz CT molecular complexity index is 1090. The third-order valence-corrected chi connectivity index (χ3v) is 5.61. The minimum Gasteiger partial charge on any atom is -0.504 e. The number of amidine groups is 1. The molecule has 2 aromatic carbocycles. The monoisotopic (exact) mass is 533 g/mol. The second kappa shape index (κ2) is 10.9. The van der Waals surface area contributed by atoms with Crippen LogP contribution >= 0.6 is 17.0 Å². The van der Waals surface area contributed by atoms with Gasteiger partial charge in [-0.3, -0.25) is 15.0 Å². The van der Waals surface area contributed by atoms with Gasteiger partial charge in [0, 0.05) is 29.7 Å². The van der Waals surface area contributed by atoms with Gasteiger partial charge in [-0.05, 0) is 47.7 Å². The van der Waals surface area contributed by atoms with Crippen LogP contribution < -0.4 is 15.2 Å². The smallest absolute Gasteiger partial charge is 0.217 e. The van der Waals surface area contributed by atoms with E-state index >= 15 is 0 Å². The molecule has 1 heterocycles. The van der Waals surface area contributed by atoms with Gasteiger partial charge in [-0.25, -0.2) is 0 Å². The lowest BCUT2D eigenvalue weighted by molar-refractivity contribution is -0.118. The lowest BCUT2D eigenvalue weighted by Gasteiger charge is -2.24. The highest BCUT2D eigenvalue weighted by Crippen LogP contribution is 2.39. The van der Waals surface area contributed by atoms with E-state index in [1.165, 1.54) is 6.07 Å². The topological polar surface area (TPSA) is 126 Å². The maximum absolute atomic E-state index is 13.2. The average Bonchev–Trinajstić information content (AvgIpc) is 3.05. The summed E-state index contributed by atoms with van der Waals surface area (Å²) in [4.78, 5) is 25.9. The molecule has 9 heteroatoms. The summed E-state index contributed by atoms with van der Waals surface area (Å²) in [5.74, 6) is 0.562. The van der Waals surface area contributed by atoms with Crippen LogP contribution in [0.25, 0.3) is 0 Å². The van der Waals surface area contributed by atoms with E-state index < -0.39 is 11.3 Å². The number of amides is 1. The predicted molar refractivity (Wildman–Crippen MR) is 136 cm³/mol. The molecule has 0 bridgehead atoms. The Hall–Kier alpha value is -3.07. The van der Waals surface area contributed by atoms with Crippen LogP contribution in [0.4, 0.5) is 0 Å². The summed E-state index contributed by atoms with van der Waals surface area (Å²) in [6, 6.07) is 8.72. The Balaban J connectivity index is 0.00000408. The normalized spacial score (nSPS) is 12.7. The minimum atomic E-state index is -0.432. The Morgan fingerprint density at radius 2 is 1.91 bits per heavy atom. The van der Waals surface area contributed by atoms with Crippen LogP contribution in [0, 0.1) is 5.41 Å². The Morgan fingerprint density at radius 1 is 1.21 bits per heavy atom. The molecule has 184 valence electrons. The van der Waals surface area contributed by atoms with E-state index in [4.69, 9.17) is 20.6 Å². The summed E-state index contributed by atoms with van der Waals surface area (Å²) >= 11 is 0. The zero-order valence-corrected chi connectivity index (χ0v) is 21.6. The summed E-state index contributed by atoms with van der Waals surface area (Å²) in [6.45, 7) is 6.46. The van der Waals surface area contributed by atoms with Gasteiger partial charge in [-0.1, -0.05) is 20.8 Å². The molecule has 2 aromatic rings. The van der Waals surface area contributed by atoms with Crippen molar-refractivity contribution in [3.8, 4) is 17.2 Å². The van der Waals surface area contributed by atoms with Gasteiger partial charge in [-0.2, -0.15) is 0 Å². The molecule has 0 spiro atoms. The van der Waals surface area contributed by atoms with Crippen molar-refractivity contribution in [2.24, 2.45) is 5.73 Å². The SMILES string of the molecule is Br.COc1ccc2c(c1)CN(CC(=O)c1cc(OCCCC(N)=O)c(O)c(C(C)(C)C)c1)C2=N. The molecule has 0 radical (unpaired) electrons. The fourth-order valence-electron chi connectivity index (χ4n) is 3.79. The lowest BCUT2D eigenvalue weighted by Crippen LogP contribution is -2.30. The highest BCUT2D eigenvalue weighted by atomic mass is 79.9. The van der Waals surface area contributed by atoms with Crippen molar-refractivity contribution in [3.63, 3.8) is 0 Å². The standard InChI is InChI=1S/C25H31N3O5.BrH/c1-25(2,3)19-11-15(12-21(23(19)31)33-9-5-6-22(26)30)20(29)14-28-13-16-10-17(32-4)7-8-18(16)24(28)27;/h7-8,10-12,27,31H,5-6,9,13-14H2,1-4H3,(H2,26,30);1H. The van der Waals surface area contributed by atoms with Crippen LogP contribution in [-0.4, -0.2) is 47.8 Å². The number of nitrogens with one attached hydrogen (secondary N) is 1. The van der Waals surface area contributed by atoms with Gasteiger partial charge >= 0.3 is 0 Å². The van der Waals surface area contributed by atoms with E-state index in [2.05, 4.69) is 0 Å². The number of hydrogen-bond acceptors (Lipinski definition) is 6. The number of fused-ring (bicyclic) bond motifs is 1. The molecular formula is C25H32BrN3O5. The molecule has 4 N–H and O–H groups in total.